The SMILES string of the molecule is CNC(=O)C(NC(CCc1ccc(C(F)(F)F)cc1)c1cc(C)on1)c1ccccc1. The van der Waals surface area contributed by atoms with Gasteiger partial charge in [0.2, 0.25) is 5.91 Å². The molecule has 3 rings (SSSR count). The first-order valence-corrected chi connectivity index (χ1v) is 9.90. The molecule has 1 amide bonds. The van der Waals surface area contributed by atoms with Gasteiger partial charge < -0.3 is 9.84 Å². The summed E-state index contributed by atoms with van der Waals surface area (Å²) in [5, 5.41) is 10.1. The van der Waals surface area contributed by atoms with Crippen LogP contribution in [0.25, 0.3) is 0 Å². The molecule has 31 heavy (non-hydrogen) atoms. The maximum Gasteiger partial charge on any atom is 0.416 e. The molecule has 0 spiro atoms. The third kappa shape index (κ3) is 5.95. The summed E-state index contributed by atoms with van der Waals surface area (Å²) in [5.74, 6) is 0.429. The van der Waals surface area contributed by atoms with Crippen molar-refractivity contribution in [2.24, 2.45) is 0 Å². The Balaban J connectivity index is 1.80. The monoisotopic (exact) mass is 431 g/mol. The van der Waals surface area contributed by atoms with Crippen molar-refractivity contribution in [1.29, 1.82) is 0 Å². The molecular formula is C23H24F3N3O2. The second-order valence-electron chi connectivity index (χ2n) is 7.27. The highest BCUT2D eigenvalue weighted by atomic mass is 19.4. The highest BCUT2D eigenvalue weighted by Gasteiger charge is 2.30. The topological polar surface area (TPSA) is 67.2 Å². The van der Waals surface area contributed by atoms with Crippen LogP contribution in [0.2, 0.25) is 0 Å². The third-order valence-corrected chi connectivity index (χ3v) is 5.02. The van der Waals surface area contributed by atoms with E-state index in [1.165, 1.54) is 12.1 Å². The van der Waals surface area contributed by atoms with Crippen LogP contribution >= 0.6 is 0 Å². The Morgan fingerprint density at radius 3 is 2.32 bits per heavy atom. The van der Waals surface area contributed by atoms with Crippen molar-refractivity contribution in [2.75, 3.05) is 7.05 Å². The van der Waals surface area contributed by atoms with Crippen LogP contribution in [0, 0.1) is 6.92 Å². The number of aryl methyl sites for hydroxylation is 2. The van der Waals surface area contributed by atoms with E-state index in [0.29, 0.717) is 24.3 Å². The maximum absolute atomic E-state index is 12.8. The Morgan fingerprint density at radius 2 is 1.77 bits per heavy atom. The zero-order chi connectivity index (χ0) is 22.4. The molecule has 2 N–H and O–H groups in total. The average molecular weight is 431 g/mol. The van der Waals surface area contributed by atoms with Gasteiger partial charge in [0.25, 0.3) is 0 Å². The first kappa shape index (κ1) is 22.6. The van der Waals surface area contributed by atoms with E-state index in [4.69, 9.17) is 4.52 Å². The van der Waals surface area contributed by atoms with Crippen molar-refractivity contribution in [3.8, 4) is 0 Å². The van der Waals surface area contributed by atoms with Crippen molar-refractivity contribution >= 4 is 5.91 Å². The number of aromatic nitrogens is 1. The number of nitrogens with zero attached hydrogens (tertiary/aromatic N) is 1. The molecule has 2 atom stereocenters. The lowest BCUT2D eigenvalue weighted by molar-refractivity contribution is -0.137. The standard InChI is InChI=1S/C23H24F3N3O2/c1-15-14-20(29-31-15)19(13-10-16-8-11-18(12-9-16)23(24,25)26)28-21(22(30)27-2)17-6-4-3-5-7-17/h3-9,11-12,14,19,21,28H,10,13H2,1-2H3,(H,27,30). The van der Waals surface area contributed by atoms with Crippen LogP contribution in [0.1, 0.15) is 46.6 Å². The van der Waals surface area contributed by atoms with Gasteiger partial charge in [-0.1, -0.05) is 47.6 Å². The van der Waals surface area contributed by atoms with E-state index in [2.05, 4.69) is 15.8 Å². The molecule has 1 heterocycles. The predicted octanol–water partition coefficient (Wildman–Crippen LogP) is 4.75. The second-order valence-corrected chi connectivity index (χ2v) is 7.27. The predicted molar refractivity (Wildman–Crippen MR) is 110 cm³/mol. The number of amides is 1. The van der Waals surface area contributed by atoms with Crippen molar-refractivity contribution in [3.05, 3.63) is 88.8 Å². The van der Waals surface area contributed by atoms with Gasteiger partial charge in [-0.2, -0.15) is 13.2 Å². The fourth-order valence-corrected chi connectivity index (χ4v) is 3.35. The average Bonchev–Trinajstić information content (AvgIpc) is 3.20. The smallest absolute Gasteiger partial charge is 0.361 e. The third-order valence-electron chi connectivity index (χ3n) is 5.02. The van der Waals surface area contributed by atoms with Gasteiger partial charge in [-0.15, -0.1) is 0 Å². The number of nitrogens with one attached hydrogen (secondary N) is 2. The lowest BCUT2D eigenvalue weighted by Gasteiger charge is -2.24. The van der Waals surface area contributed by atoms with Crippen LogP contribution in [0.3, 0.4) is 0 Å². The summed E-state index contributed by atoms with van der Waals surface area (Å²) in [6.07, 6.45) is -3.36. The van der Waals surface area contributed by atoms with E-state index in [-0.39, 0.29) is 11.9 Å². The van der Waals surface area contributed by atoms with Gasteiger partial charge in [0.15, 0.2) is 0 Å². The quantitative estimate of drug-likeness (QED) is 0.540. The Kier molecular flexibility index (Phi) is 7.12. The first-order chi connectivity index (χ1) is 14.8. The molecule has 0 aliphatic carbocycles. The fourth-order valence-electron chi connectivity index (χ4n) is 3.35. The minimum Gasteiger partial charge on any atom is -0.361 e. The van der Waals surface area contributed by atoms with Crippen LogP contribution in [-0.2, 0) is 17.4 Å². The number of hydrogen-bond donors (Lipinski definition) is 2. The molecule has 2 unspecified atom stereocenters. The highest BCUT2D eigenvalue weighted by molar-refractivity contribution is 5.82. The summed E-state index contributed by atoms with van der Waals surface area (Å²) in [4.78, 5) is 12.6. The summed E-state index contributed by atoms with van der Waals surface area (Å²) in [7, 11) is 1.57. The van der Waals surface area contributed by atoms with E-state index < -0.39 is 17.8 Å². The van der Waals surface area contributed by atoms with Gasteiger partial charge in [-0.3, -0.25) is 10.1 Å². The minimum absolute atomic E-state index is 0.203. The molecule has 0 fully saturated rings. The van der Waals surface area contributed by atoms with Gasteiger partial charge in [0, 0.05) is 13.1 Å². The summed E-state index contributed by atoms with van der Waals surface area (Å²) in [5.41, 5.74) is 1.51. The molecular weight excluding hydrogens is 407 g/mol. The molecule has 0 aliphatic heterocycles. The number of benzene rings is 2. The van der Waals surface area contributed by atoms with Gasteiger partial charge >= 0.3 is 6.18 Å². The molecule has 1 aromatic heterocycles. The molecule has 3 aromatic rings. The zero-order valence-electron chi connectivity index (χ0n) is 17.2. The number of rotatable bonds is 8. The molecule has 0 radical (unpaired) electrons. The highest BCUT2D eigenvalue weighted by Crippen LogP contribution is 2.30. The minimum atomic E-state index is -4.36. The van der Waals surface area contributed by atoms with E-state index in [0.717, 1.165) is 23.3 Å². The summed E-state index contributed by atoms with van der Waals surface area (Å²) in [6.45, 7) is 1.77. The molecule has 0 bridgehead atoms. The second kappa shape index (κ2) is 9.78. The summed E-state index contributed by atoms with van der Waals surface area (Å²) < 4.78 is 43.6. The lowest BCUT2D eigenvalue weighted by Crippen LogP contribution is -2.38. The number of carbonyl (C=O) groups excluding carboxylic acids is 1. The van der Waals surface area contributed by atoms with Crippen LogP contribution < -0.4 is 10.6 Å². The van der Waals surface area contributed by atoms with Crippen LogP contribution in [0.5, 0.6) is 0 Å². The van der Waals surface area contributed by atoms with Crippen LogP contribution in [-0.4, -0.2) is 18.1 Å². The molecule has 5 nitrogen and oxygen atoms in total. The largest absolute Gasteiger partial charge is 0.416 e. The number of carbonyl (C=O) groups is 1. The van der Waals surface area contributed by atoms with E-state index in [1.54, 1.807) is 20.0 Å². The van der Waals surface area contributed by atoms with Crippen LogP contribution in [0.4, 0.5) is 13.2 Å². The number of halogens is 3. The number of likely N-dealkylation sites (N-methyl/N-ethyl adjacent to an activating group) is 1. The van der Waals surface area contributed by atoms with E-state index >= 15 is 0 Å². The first-order valence-electron chi connectivity index (χ1n) is 9.90. The normalized spacial score (nSPS) is 13.6. The van der Waals surface area contributed by atoms with Crippen molar-refractivity contribution in [2.45, 2.75) is 38.0 Å². The van der Waals surface area contributed by atoms with E-state index in [1.807, 2.05) is 30.3 Å². The molecule has 8 heteroatoms. The lowest BCUT2D eigenvalue weighted by atomic mass is 9.99. The molecule has 2 aromatic carbocycles. The van der Waals surface area contributed by atoms with Gasteiger partial charge in [0.1, 0.15) is 17.5 Å². The molecule has 164 valence electrons. The number of hydrogen-bond acceptors (Lipinski definition) is 4. The summed E-state index contributed by atoms with van der Waals surface area (Å²) in [6, 6.07) is 15.2. The number of alkyl halides is 3. The summed E-state index contributed by atoms with van der Waals surface area (Å²) >= 11 is 0. The Morgan fingerprint density at radius 1 is 1.10 bits per heavy atom. The van der Waals surface area contributed by atoms with Gasteiger partial charge in [-0.05, 0) is 43.0 Å². The van der Waals surface area contributed by atoms with E-state index in [9.17, 15) is 18.0 Å². The molecule has 0 saturated heterocycles. The van der Waals surface area contributed by atoms with Gasteiger partial charge in [-0.25, -0.2) is 0 Å². The maximum atomic E-state index is 12.8. The van der Waals surface area contributed by atoms with Crippen molar-refractivity contribution in [1.82, 2.24) is 15.8 Å². The fraction of sp³-hybridized carbons (Fsp3) is 0.304. The van der Waals surface area contributed by atoms with Crippen molar-refractivity contribution in [3.63, 3.8) is 0 Å². The van der Waals surface area contributed by atoms with Gasteiger partial charge in [0.05, 0.1) is 11.6 Å². The van der Waals surface area contributed by atoms with Crippen molar-refractivity contribution < 1.29 is 22.5 Å². The molecule has 0 aliphatic rings. The Bertz CT molecular complexity index is 985. The zero-order valence-corrected chi connectivity index (χ0v) is 17.2. The molecule has 0 saturated carbocycles. The van der Waals surface area contributed by atoms with Crippen LogP contribution in [0.15, 0.2) is 65.2 Å². The Labute approximate surface area is 178 Å². The Hall–Kier alpha value is -3.13.